The first-order valence-corrected chi connectivity index (χ1v) is 7.86. The minimum atomic E-state index is -0.361. The molecule has 1 aliphatic carbocycles. The summed E-state index contributed by atoms with van der Waals surface area (Å²) in [5.74, 6) is 0. The summed E-state index contributed by atoms with van der Waals surface area (Å²) in [6.45, 7) is 3.45. The zero-order valence-electron chi connectivity index (χ0n) is 12.6. The van der Waals surface area contributed by atoms with E-state index in [1.54, 1.807) is 6.07 Å². The fourth-order valence-corrected chi connectivity index (χ4v) is 3.60. The van der Waals surface area contributed by atoms with Gasteiger partial charge in [-0.15, -0.1) is 0 Å². The summed E-state index contributed by atoms with van der Waals surface area (Å²) in [4.78, 5) is 15.4. The molecule has 1 aromatic rings. The predicted molar refractivity (Wildman–Crippen MR) is 83.9 cm³/mol. The van der Waals surface area contributed by atoms with E-state index in [0.717, 1.165) is 26.2 Å². The van der Waals surface area contributed by atoms with Crippen molar-refractivity contribution in [2.24, 2.45) is 0 Å². The quantitative estimate of drug-likeness (QED) is 0.633. The first-order valence-electron chi connectivity index (χ1n) is 7.86. The average molecular weight is 300 g/mol. The summed E-state index contributed by atoms with van der Waals surface area (Å²) < 4.78 is 0. The molecule has 1 saturated heterocycles. The Morgan fingerprint density at radius 1 is 1.18 bits per heavy atom. The Kier molecular flexibility index (Phi) is 4.25. The number of hydrogen-bond donors (Lipinski definition) is 0. The minimum absolute atomic E-state index is 0.0910. The van der Waals surface area contributed by atoms with Crippen LogP contribution in [-0.2, 0) is 0 Å². The number of piperazine rings is 1. The third-order valence-electron chi connectivity index (χ3n) is 4.80. The van der Waals surface area contributed by atoms with Crippen LogP contribution in [0, 0.1) is 21.4 Å². The van der Waals surface area contributed by atoms with E-state index in [9.17, 15) is 10.1 Å². The topological polar surface area (TPSA) is 73.4 Å². The van der Waals surface area contributed by atoms with Gasteiger partial charge in [0.25, 0.3) is 5.69 Å². The Bertz CT molecular complexity index is 597. The molecule has 6 nitrogen and oxygen atoms in total. The molecule has 0 unspecified atom stereocenters. The van der Waals surface area contributed by atoms with Gasteiger partial charge in [0.2, 0.25) is 0 Å². The van der Waals surface area contributed by atoms with Gasteiger partial charge in [-0.2, -0.15) is 5.26 Å². The van der Waals surface area contributed by atoms with Gasteiger partial charge in [-0.05, 0) is 25.0 Å². The third-order valence-corrected chi connectivity index (χ3v) is 4.80. The molecular formula is C16H20N4O2. The van der Waals surface area contributed by atoms with Crippen molar-refractivity contribution in [3.05, 3.63) is 33.9 Å². The van der Waals surface area contributed by atoms with Crippen LogP contribution in [0.1, 0.15) is 31.2 Å². The van der Waals surface area contributed by atoms with Crippen molar-refractivity contribution in [2.75, 3.05) is 31.1 Å². The van der Waals surface area contributed by atoms with Crippen LogP contribution >= 0.6 is 0 Å². The van der Waals surface area contributed by atoms with Crippen LogP contribution in [0.2, 0.25) is 0 Å². The van der Waals surface area contributed by atoms with E-state index in [4.69, 9.17) is 5.26 Å². The van der Waals surface area contributed by atoms with Crippen LogP contribution in [0.5, 0.6) is 0 Å². The molecule has 0 spiro atoms. The van der Waals surface area contributed by atoms with Crippen LogP contribution in [0.4, 0.5) is 11.4 Å². The van der Waals surface area contributed by atoms with Crippen LogP contribution in [-0.4, -0.2) is 42.0 Å². The molecule has 6 heteroatoms. The minimum Gasteiger partial charge on any atom is -0.363 e. The number of nitrogens with zero attached hydrogens (tertiary/aromatic N) is 4. The van der Waals surface area contributed by atoms with E-state index < -0.39 is 0 Å². The normalized spacial score (nSPS) is 20.0. The highest BCUT2D eigenvalue weighted by molar-refractivity contribution is 5.66. The van der Waals surface area contributed by atoms with Crippen molar-refractivity contribution >= 4 is 11.4 Å². The highest BCUT2D eigenvalue weighted by atomic mass is 16.6. The van der Waals surface area contributed by atoms with Gasteiger partial charge in [-0.1, -0.05) is 12.8 Å². The van der Waals surface area contributed by atoms with Crippen molar-refractivity contribution < 1.29 is 4.92 Å². The lowest BCUT2D eigenvalue weighted by Crippen LogP contribution is -2.49. The standard InChI is InChI=1S/C16H20N4O2/c17-12-13-5-6-15(20(21)22)16(11-13)19-9-7-18(8-10-19)14-3-1-2-4-14/h5-6,11,14H,1-4,7-10H2. The zero-order valence-corrected chi connectivity index (χ0v) is 12.6. The van der Waals surface area contributed by atoms with Crippen molar-refractivity contribution in [1.82, 2.24) is 4.90 Å². The molecule has 2 fully saturated rings. The highest BCUT2D eigenvalue weighted by Crippen LogP contribution is 2.31. The molecule has 1 aromatic carbocycles. The van der Waals surface area contributed by atoms with Crippen LogP contribution in [0.25, 0.3) is 0 Å². The Morgan fingerprint density at radius 2 is 1.86 bits per heavy atom. The van der Waals surface area contributed by atoms with Gasteiger partial charge >= 0.3 is 0 Å². The Labute approximate surface area is 130 Å². The Balaban J connectivity index is 1.75. The van der Waals surface area contributed by atoms with Crippen LogP contribution < -0.4 is 4.90 Å². The lowest BCUT2D eigenvalue weighted by atomic mass is 10.1. The predicted octanol–water partition coefficient (Wildman–Crippen LogP) is 2.53. The molecule has 0 bridgehead atoms. The van der Waals surface area contributed by atoms with Crippen molar-refractivity contribution in [2.45, 2.75) is 31.7 Å². The van der Waals surface area contributed by atoms with Crippen LogP contribution in [0.15, 0.2) is 18.2 Å². The molecule has 2 aliphatic rings. The van der Waals surface area contributed by atoms with Gasteiger partial charge in [-0.25, -0.2) is 0 Å². The molecule has 0 radical (unpaired) electrons. The van der Waals surface area contributed by atoms with E-state index in [2.05, 4.69) is 11.0 Å². The Hall–Kier alpha value is -2.13. The van der Waals surface area contributed by atoms with E-state index in [-0.39, 0.29) is 10.6 Å². The van der Waals surface area contributed by atoms with Crippen molar-refractivity contribution in [3.63, 3.8) is 0 Å². The summed E-state index contributed by atoms with van der Waals surface area (Å²) in [7, 11) is 0. The second-order valence-corrected chi connectivity index (χ2v) is 6.03. The summed E-state index contributed by atoms with van der Waals surface area (Å²) in [6, 6.07) is 7.36. The first kappa shape index (κ1) is 14.8. The average Bonchev–Trinajstić information content (AvgIpc) is 3.09. The lowest BCUT2D eigenvalue weighted by Gasteiger charge is -2.38. The number of anilines is 1. The highest BCUT2D eigenvalue weighted by Gasteiger charge is 2.28. The summed E-state index contributed by atoms with van der Waals surface area (Å²) in [6.07, 6.45) is 5.20. The molecule has 0 aromatic heterocycles. The largest absolute Gasteiger partial charge is 0.363 e. The summed E-state index contributed by atoms with van der Waals surface area (Å²) in [5.41, 5.74) is 1.14. The van der Waals surface area contributed by atoms with Gasteiger partial charge in [-0.3, -0.25) is 15.0 Å². The smallest absolute Gasteiger partial charge is 0.292 e. The van der Waals surface area contributed by atoms with Crippen molar-refractivity contribution in [1.29, 1.82) is 5.26 Å². The lowest BCUT2D eigenvalue weighted by molar-refractivity contribution is -0.384. The van der Waals surface area contributed by atoms with Gasteiger partial charge in [0.05, 0.1) is 16.6 Å². The van der Waals surface area contributed by atoms with E-state index >= 15 is 0 Å². The third kappa shape index (κ3) is 2.90. The molecule has 1 saturated carbocycles. The molecule has 1 aliphatic heterocycles. The zero-order chi connectivity index (χ0) is 15.5. The maximum absolute atomic E-state index is 11.2. The second kappa shape index (κ2) is 6.32. The van der Waals surface area contributed by atoms with Crippen LogP contribution in [0.3, 0.4) is 0 Å². The number of hydrogen-bond acceptors (Lipinski definition) is 5. The van der Waals surface area contributed by atoms with Gasteiger partial charge in [0.15, 0.2) is 0 Å². The number of rotatable bonds is 3. The molecule has 0 amide bonds. The molecule has 1 heterocycles. The fourth-order valence-electron chi connectivity index (χ4n) is 3.60. The number of nitriles is 1. The SMILES string of the molecule is N#Cc1ccc([N+](=O)[O-])c(N2CCN(C3CCCC3)CC2)c1. The van der Waals surface area contributed by atoms with E-state index in [1.807, 2.05) is 4.90 Å². The molecule has 3 rings (SSSR count). The van der Waals surface area contributed by atoms with E-state index in [1.165, 1.54) is 37.8 Å². The number of benzene rings is 1. The van der Waals surface area contributed by atoms with E-state index in [0.29, 0.717) is 17.3 Å². The van der Waals surface area contributed by atoms with Gasteiger partial charge in [0, 0.05) is 38.3 Å². The van der Waals surface area contributed by atoms with Gasteiger partial charge in [0.1, 0.15) is 5.69 Å². The Morgan fingerprint density at radius 3 is 2.45 bits per heavy atom. The first-order chi connectivity index (χ1) is 10.7. The molecule has 116 valence electrons. The molecular weight excluding hydrogens is 280 g/mol. The molecule has 0 atom stereocenters. The monoisotopic (exact) mass is 300 g/mol. The van der Waals surface area contributed by atoms with Crippen molar-refractivity contribution in [3.8, 4) is 6.07 Å². The number of nitro groups is 1. The number of nitro benzene ring substituents is 1. The molecule has 0 N–H and O–H groups in total. The summed E-state index contributed by atoms with van der Waals surface area (Å²) in [5, 5.41) is 20.3. The fraction of sp³-hybridized carbons (Fsp3) is 0.562. The second-order valence-electron chi connectivity index (χ2n) is 6.03. The van der Waals surface area contributed by atoms with Gasteiger partial charge < -0.3 is 4.90 Å². The summed E-state index contributed by atoms with van der Waals surface area (Å²) >= 11 is 0. The molecule has 22 heavy (non-hydrogen) atoms. The maximum atomic E-state index is 11.2. The maximum Gasteiger partial charge on any atom is 0.292 e.